The Morgan fingerprint density at radius 1 is 1.22 bits per heavy atom. The number of alkyl halides is 3. The first kappa shape index (κ1) is 19.7. The van der Waals surface area contributed by atoms with Crippen LogP contribution in [0.1, 0.15) is 32.6 Å². The second-order valence-electron chi connectivity index (χ2n) is 5.93. The molecule has 0 aromatic carbocycles. The molecule has 0 aromatic rings. The van der Waals surface area contributed by atoms with E-state index in [2.05, 4.69) is 9.64 Å². The summed E-state index contributed by atoms with van der Waals surface area (Å²) in [6, 6.07) is 0. The quantitative estimate of drug-likeness (QED) is 0.502. The third-order valence-electron chi connectivity index (χ3n) is 3.98. The Balaban J connectivity index is 2.49. The molecule has 0 spiro atoms. The number of unbranched alkanes of at least 4 members (excludes halogenated alkanes) is 1. The van der Waals surface area contributed by atoms with Crippen molar-refractivity contribution in [2.75, 3.05) is 39.8 Å². The van der Waals surface area contributed by atoms with Crippen LogP contribution in [-0.2, 0) is 14.3 Å². The number of ether oxygens (including phenoxy) is 1. The van der Waals surface area contributed by atoms with Crippen LogP contribution in [0, 0.1) is 5.92 Å². The molecule has 0 bridgehead atoms. The number of halogens is 3. The Bertz CT molecular complexity index is 396. The zero-order valence-electron chi connectivity index (χ0n) is 13.7. The van der Waals surface area contributed by atoms with Crippen LogP contribution in [0.4, 0.5) is 13.2 Å². The molecule has 134 valence electrons. The summed E-state index contributed by atoms with van der Waals surface area (Å²) in [5, 5.41) is 0. The lowest BCUT2D eigenvalue weighted by Crippen LogP contribution is -2.45. The minimum Gasteiger partial charge on any atom is -0.469 e. The Morgan fingerprint density at radius 2 is 1.83 bits per heavy atom. The second kappa shape index (κ2) is 9.10. The molecule has 1 unspecified atom stereocenters. The highest BCUT2D eigenvalue weighted by Crippen LogP contribution is 2.20. The standard InChI is InChI=1S/C15H25F3N2O3/c1-12(13(21)23-2)11-20(14(22)15(16,17)18)10-6-5-9-19-7-3-4-8-19/h12H,3-11H2,1-2H3. The number of amides is 1. The van der Waals surface area contributed by atoms with Gasteiger partial charge in [0.05, 0.1) is 13.0 Å². The molecule has 1 rings (SSSR count). The molecule has 1 heterocycles. The number of esters is 1. The monoisotopic (exact) mass is 338 g/mol. The first-order valence-electron chi connectivity index (χ1n) is 7.92. The van der Waals surface area contributed by atoms with Crippen LogP contribution in [0.5, 0.6) is 0 Å². The predicted octanol–water partition coefficient (Wildman–Crippen LogP) is 2.06. The molecule has 0 aromatic heterocycles. The van der Waals surface area contributed by atoms with Crippen molar-refractivity contribution < 1.29 is 27.5 Å². The van der Waals surface area contributed by atoms with Gasteiger partial charge in [0.25, 0.3) is 0 Å². The number of hydrogen-bond donors (Lipinski definition) is 0. The summed E-state index contributed by atoms with van der Waals surface area (Å²) in [6.45, 7) is 4.06. The van der Waals surface area contributed by atoms with Crippen molar-refractivity contribution in [1.29, 1.82) is 0 Å². The molecule has 1 amide bonds. The van der Waals surface area contributed by atoms with Crippen LogP contribution in [0.3, 0.4) is 0 Å². The van der Waals surface area contributed by atoms with Crippen molar-refractivity contribution in [2.45, 2.75) is 38.8 Å². The molecule has 1 fully saturated rings. The number of methoxy groups -OCH3 is 1. The first-order chi connectivity index (χ1) is 10.8. The van der Waals surface area contributed by atoms with E-state index in [0.29, 0.717) is 11.3 Å². The molecule has 0 radical (unpaired) electrons. The SMILES string of the molecule is COC(=O)C(C)CN(CCCCN1CCCC1)C(=O)C(F)(F)F. The molecular formula is C15H25F3N2O3. The predicted molar refractivity (Wildman–Crippen MR) is 78.7 cm³/mol. The molecule has 0 aliphatic carbocycles. The zero-order valence-corrected chi connectivity index (χ0v) is 13.7. The average Bonchev–Trinajstić information content (AvgIpc) is 3.00. The molecule has 1 saturated heterocycles. The molecule has 1 aliphatic rings. The number of carbonyl (C=O) groups is 2. The number of likely N-dealkylation sites (tertiary alicyclic amines) is 1. The highest BCUT2D eigenvalue weighted by molar-refractivity contribution is 5.82. The van der Waals surface area contributed by atoms with Crippen molar-refractivity contribution >= 4 is 11.9 Å². The Hall–Kier alpha value is -1.31. The largest absolute Gasteiger partial charge is 0.471 e. The lowest BCUT2D eigenvalue weighted by Gasteiger charge is -2.26. The van der Waals surface area contributed by atoms with Crippen molar-refractivity contribution in [3.05, 3.63) is 0 Å². The molecule has 1 atom stereocenters. The maximum absolute atomic E-state index is 12.7. The lowest BCUT2D eigenvalue weighted by molar-refractivity contribution is -0.186. The molecule has 0 saturated carbocycles. The van der Waals surface area contributed by atoms with Crippen LogP contribution < -0.4 is 0 Å². The summed E-state index contributed by atoms with van der Waals surface area (Å²) in [7, 11) is 1.17. The van der Waals surface area contributed by atoms with Gasteiger partial charge in [0.2, 0.25) is 0 Å². The minimum atomic E-state index is -4.93. The first-order valence-corrected chi connectivity index (χ1v) is 7.92. The summed E-state index contributed by atoms with van der Waals surface area (Å²) in [6.07, 6.45) is -1.39. The van der Waals surface area contributed by atoms with E-state index in [1.807, 2.05) is 0 Å². The van der Waals surface area contributed by atoms with E-state index in [-0.39, 0.29) is 13.1 Å². The topological polar surface area (TPSA) is 49.9 Å². The van der Waals surface area contributed by atoms with Gasteiger partial charge in [-0.1, -0.05) is 6.92 Å². The van der Waals surface area contributed by atoms with Gasteiger partial charge in [-0.25, -0.2) is 0 Å². The molecule has 23 heavy (non-hydrogen) atoms. The third-order valence-corrected chi connectivity index (χ3v) is 3.98. The van der Waals surface area contributed by atoms with Crippen LogP contribution in [-0.4, -0.2) is 67.7 Å². The summed E-state index contributed by atoms with van der Waals surface area (Å²) in [4.78, 5) is 25.9. The van der Waals surface area contributed by atoms with E-state index in [0.717, 1.165) is 38.9 Å². The van der Waals surface area contributed by atoms with Gasteiger partial charge in [-0.2, -0.15) is 13.2 Å². The smallest absolute Gasteiger partial charge is 0.469 e. The second-order valence-corrected chi connectivity index (χ2v) is 5.93. The van der Waals surface area contributed by atoms with E-state index < -0.39 is 24.0 Å². The van der Waals surface area contributed by atoms with Crippen molar-refractivity contribution in [3.8, 4) is 0 Å². The third kappa shape index (κ3) is 6.76. The zero-order chi connectivity index (χ0) is 17.5. The van der Waals surface area contributed by atoms with Crippen LogP contribution in [0.25, 0.3) is 0 Å². The summed E-state index contributed by atoms with van der Waals surface area (Å²) < 4.78 is 42.5. The van der Waals surface area contributed by atoms with Crippen molar-refractivity contribution in [1.82, 2.24) is 9.80 Å². The fourth-order valence-electron chi connectivity index (χ4n) is 2.71. The molecule has 1 aliphatic heterocycles. The summed E-state index contributed by atoms with van der Waals surface area (Å²) in [5.74, 6) is -3.30. The summed E-state index contributed by atoms with van der Waals surface area (Å²) >= 11 is 0. The van der Waals surface area contributed by atoms with Gasteiger partial charge >= 0.3 is 18.1 Å². The number of rotatable bonds is 8. The maximum atomic E-state index is 12.7. The highest BCUT2D eigenvalue weighted by Gasteiger charge is 2.42. The highest BCUT2D eigenvalue weighted by atomic mass is 19.4. The number of nitrogens with zero attached hydrogens (tertiary/aromatic N) is 2. The number of hydrogen-bond acceptors (Lipinski definition) is 4. The van der Waals surface area contributed by atoms with Gasteiger partial charge in [0.15, 0.2) is 0 Å². The summed E-state index contributed by atoms with van der Waals surface area (Å²) in [5.41, 5.74) is 0. The van der Waals surface area contributed by atoms with E-state index in [1.165, 1.54) is 14.0 Å². The fourth-order valence-corrected chi connectivity index (χ4v) is 2.71. The average molecular weight is 338 g/mol. The Morgan fingerprint density at radius 3 is 2.35 bits per heavy atom. The van der Waals surface area contributed by atoms with Crippen LogP contribution in [0.15, 0.2) is 0 Å². The number of carbonyl (C=O) groups excluding carboxylic acids is 2. The maximum Gasteiger partial charge on any atom is 0.471 e. The Labute approximate surface area is 134 Å². The normalized spacial score (nSPS) is 17.1. The van der Waals surface area contributed by atoms with Gasteiger partial charge in [-0.05, 0) is 45.3 Å². The van der Waals surface area contributed by atoms with Crippen LogP contribution in [0.2, 0.25) is 0 Å². The van der Waals surface area contributed by atoms with E-state index in [9.17, 15) is 22.8 Å². The molecule has 8 heteroatoms. The molecular weight excluding hydrogens is 313 g/mol. The van der Waals surface area contributed by atoms with Gasteiger partial charge in [-0.3, -0.25) is 9.59 Å². The fraction of sp³-hybridized carbons (Fsp3) is 0.867. The lowest BCUT2D eigenvalue weighted by atomic mass is 10.1. The van der Waals surface area contributed by atoms with Crippen LogP contribution >= 0.6 is 0 Å². The van der Waals surface area contributed by atoms with Crippen molar-refractivity contribution in [3.63, 3.8) is 0 Å². The van der Waals surface area contributed by atoms with Gasteiger partial charge in [-0.15, -0.1) is 0 Å². The van der Waals surface area contributed by atoms with E-state index >= 15 is 0 Å². The van der Waals surface area contributed by atoms with Gasteiger partial charge < -0.3 is 14.5 Å². The molecule has 5 nitrogen and oxygen atoms in total. The Kier molecular flexibility index (Phi) is 7.81. The minimum absolute atomic E-state index is 0.00643. The molecule has 0 N–H and O–H groups in total. The van der Waals surface area contributed by atoms with E-state index in [4.69, 9.17) is 0 Å². The van der Waals surface area contributed by atoms with Gasteiger partial charge in [0.1, 0.15) is 0 Å². The van der Waals surface area contributed by atoms with E-state index in [1.54, 1.807) is 0 Å². The van der Waals surface area contributed by atoms with Crippen molar-refractivity contribution in [2.24, 2.45) is 5.92 Å². The van der Waals surface area contributed by atoms with Gasteiger partial charge in [0, 0.05) is 13.1 Å².